The van der Waals surface area contributed by atoms with Crippen molar-refractivity contribution in [3.8, 4) is 5.75 Å². The van der Waals surface area contributed by atoms with Crippen LogP contribution in [0.2, 0.25) is 5.02 Å². The highest BCUT2D eigenvalue weighted by atomic mass is 35.5. The van der Waals surface area contributed by atoms with Gasteiger partial charge in [-0.2, -0.15) is 0 Å². The maximum Gasteiger partial charge on any atom is 0.224 e. The second kappa shape index (κ2) is 6.54. The zero-order valence-electron chi connectivity index (χ0n) is 10.4. The summed E-state index contributed by atoms with van der Waals surface area (Å²) in [5, 5.41) is 13.9. The normalized spacial score (nSPS) is 10.2. The number of halogens is 1. The molecule has 20 heavy (non-hydrogen) atoms. The highest BCUT2D eigenvalue weighted by Gasteiger charge is 2.11. The number of amides is 1. The minimum Gasteiger partial charge on any atom is -0.508 e. The van der Waals surface area contributed by atoms with Crippen LogP contribution >= 0.6 is 22.9 Å². The molecule has 0 bridgehead atoms. The molecule has 1 heterocycles. The third-order valence-electron chi connectivity index (χ3n) is 2.63. The monoisotopic (exact) mass is 309 g/mol. The molecule has 0 spiro atoms. The zero-order chi connectivity index (χ0) is 14.5. The van der Waals surface area contributed by atoms with Crippen molar-refractivity contribution in [2.75, 3.05) is 6.54 Å². The van der Waals surface area contributed by atoms with Gasteiger partial charge in [0.05, 0.1) is 17.8 Å². The molecule has 0 aliphatic rings. The Hall–Kier alpha value is -1.85. The Balaban J connectivity index is 1.88. The number of carbonyl (C=O) groups excluding carboxylic acids is 2. The van der Waals surface area contributed by atoms with Crippen LogP contribution in [0.25, 0.3) is 0 Å². The number of rotatable bonds is 5. The smallest absolute Gasteiger partial charge is 0.224 e. The van der Waals surface area contributed by atoms with E-state index in [2.05, 4.69) is 5.32 Å². The summed E-state index contributed by atoms with van der Waals surface area (Å²) >= 11 is 7.25. The maximum absolute atomic E-state index is 11.7. The van der Waals surface area contributed by atoms with Crippen molar-refractivity contribution in [1.82, 2.24) is 5.32 Å². The molecular formula is C14H12ClNO3S. The van der Waals surface area contributed by atoms with Crippen LogP contribution in [0.15, 0.2) is 35.7 Å². The van der Waals surface area contributed by atoms with Crippen molar-refractivity contribution in [2.45, 2.75) is 6.42 Å². The molecule has 1 aromatic heterocycles. The molecule has 0 atom stereocenters. The first-order valence-electron chi connectivity index (χ1n) is 5.87. The van der Waals surface area contributed by atoms with Gasteiger partial charge in [-0.25, -0.2) is 0 Å². The lowest BCUT2D eigenvalue weighted by Gasteiger charge is -2.06. The maximum atomic E-state index is 11.7. The van der Waals surface area contributed by atoms with E-state index in [4.69, 9.17) is 11.6 Å². The van der Waals surface area contributed by atoms with E-state index < -0.39 is 0 Å². The standard InChI is InChI=1S/C14H12ClNO3S/c15-11-7-10(17)4-3-9(11)6-14(19)16-8-12(18)13-2-1-5-20-13/h1-5,7,17H,6,8H2,(H,16,19). The third-order valence-corrected chi connectivity index (χ3v) is 3.89. The summed E-state index contributed by atoms with van der Waals surface area (Å²) in [6, 6.07) is 7.93. The first-order chi connectivity index (χ1) is 9.56. The molecule has 4 nitrogen and oxygen atoms in total. The highest BCUT2D eigenvalue weighted by Crippen LogP contribution is 2.21. The summed E-state index contributed by atoms with van der Waals surface area (Å²) in [4.78, 5) is 24.1. The van der Waals surface area contributed by atoms with Crippen molar-refractivity contribution in [3.05, 3.63) is 51.2 Å². The van der Waals surface area contributed by atoms with Gasteiger partial charge < -0.3 is 10.4 Å². The lowest BCUT2D eigenvalue weighted by atomic mass is 10.1. The average molecular weight is 310 g/mol. The Kier molecular flexibility index (Phi) is 4.76. The lowest BCUT2D eigenvalue weighted by Crippen LogP contribution is -2.30. The number of ketones is 1. The van der Waals surface area contributed by atoms with Gasteiger partial charge in [0.25, 0.3) is 0 Å². The molecule has 2 rings (SSSR count). The van der Waals surface area contributed by atoms with Crippen LogP contribution in [0.3, 0.4) is 0 Å². The molecule has 2 N–H and O–H groups in total. The van der Waals surface area contributed by atoms with Crippen LogP contribution in [-0.2, 0) is 11.2 Å². The van der Waals surface area contributed by atoms with Crippen molar-refractivity contribution in [1.29, 1.82) is 0 Å². The Bertz CT molecular complexity index is 625. The largest absolute Gasteiger partial charge is 0.508 e. The van der Waals surface area contributed by atoms with Gasteiger partial charge in [0.15, 0.2) is 5.78 Å². The topological polar surface area (TPSA) is 66.4 Å². The lowest BCUT2D eigenvalue weighted by molar-refractivity contribution is -0.120. The van der Waals surface area contributed by atoms with E-state index in [0.29, 0.717) is 15.5 Å². The number of phenols is 1. The van der Waals surface area contributed by atoms with Gasteiger partial charge in [-0.15, -0.1) is 11.3 Å². The fraction of sp³-hybridized carbons (Fsp3) is 0.143. The van der Waals surface area contributed by atoms with Gasteiger partial charge in [-0.3, -0.25) is 9.59 Å². The zero-order valence-corrected chi connectivity index (χ0v) is 12.0. The second-order valence-electron chi connectivity index (χ2n) is 4.13. The predicted molar refractivity (Wildman–Crippen MR) is 78.5 cm³/mol. The molecule has 1 aromatic carbocycles. The Morgan fingerprint density at radius 1 is 1.30 bits per heavy atom. The summed E-state index contributed by atoms with van der Waals surface area (Å²) in [6.07, 6.45) is 0.0663. The molecule has 104 valence electrons. The summed E-state index contributed by atoms with van der Waals surface area (Å²) in [7, 11) is 0. The molecule has 2 aromatic rings. The number of Topliss-reactive ketones (excluding diaryl/α,β-unsaturated/α-hetero) is 1. The number of benzene rings is 1. The summed E-state index contributed by atoms with van der Waals surface area (Å²) in [5.74, 6) is -0.361. The van der Waals surface area contributed by atoms with E-state index >= 15 is 0 Å². The van der Waals surface area contributed by atoms with Crippen LogP contribution in [0.5, 0.6) is 5.75 Å². The fourth-order valence-corrected chi connectivity index (χ4v) is 2.52. The van der Waals surface area contributed by atoms with Gasteiger partial charge >= 0.3 is 0 Å². The SMILES string of the molecule is O=C(Cc1ccc(O)cc1Cl)NCC(=O)c1cccs1. The Morgan fingerprint density at radius 3 is 2.75 bits per heavy atom. The summed E-state index contributed by atoms with van der Waals surface area (Å²) in [6.45, 7) is -0.0327. The quantitative estimate of drug-likeness (QED) is 0.834. The summed E-state index contributed by atoms with van der Waals surface area (Å²) in [5.41, 5.74) is 0.602. The molecule has 0 unspecified atom stereocenters. The number of nitrogens with one attached hydrogen (secondary N) is 1. The molecule has 0 aliphatic carbocycles. The number of aromatic hydroxyl groups is 1. The molecule has 0 aliphatic heterocycles. The summed E-state index contributed by atoms with van der Waals surface area (Å²) < 4.78 is 0. The Labute approximate surface area is 125 Å². The van der Waals surface area contributed by atoms with Gasteiger partial charge in [-0.05, 0) is 29.1 Å². The van der Waals surface area contributed by atoms with Crippen LogP contribution in [0.1, 0.15) is 15.2 Å². The molecule has 0 saturated heterocycles. The molecular weight excluding hydrogens is 298 g/mol. The van der Waals surface area contributed by atoms with Gasteiger partial charge in [0.2, 0.25) is 5.91 Å². The number of phenolic OH excluding ortho intramolecular Hbond substituents is 1. The van der Waals surface area contributed by atoms with E-state index in [9.17, 15) is 14.7 Å². The Morgan fingerprint density at radius 2 is 2.10 bits per heavy atom. The van der Waals surface area contributed by atoms with E-state index in [1.165, 1.54) is 23.5 Å². The molecule has 0 saturated carbocycles. The third kappa shape index (κ3) is 3.82. The fourth-order valence-electron chi connectivity index (χ4n) is 1.62. The average Bonchev–Trinajstić information content (AvgIpc) is 2.93. The van der Waals surface area contributed by atoms with Gasteiger partial charge in [0, 0.05) is 5.02 Å². The van der Waals surface area contributed by atoms with E-state index in [-0.39, 0.29) is 30.4 Å². The minimum absolute atomic E-state index is 0.0327. The van der Waals surface area contributed by atoms with Gasteiger partial charge in [0.1, 0.15) is 5.75 Å². The second-order valence-corrected chi connectivity index (χ2v) is 5.48. The van der Waals surface area contributed by atoms with Crippen LogP contribution in [0, 0.1) is 0 Å². The highest BCUT2D eigenvalue weighted by molar-refractivity contribution is 7.12. The number of hydrogen-bond donors (Lipinski definition) is 2. The first-order valence-corrected chi connectivity index (χ1v) is 7.13. The van der Waals surface area contributed by atoms with Gasteiger partial charge in [-0.1, -0.05) is 23.7 Å². The number of hydrogen-bond acceptors (Lipinski definition) is 4. The molecule has 1 amide bonds. The van der Waals surface area contributed by atoms with Crippen molar-refractivity contribution in [3.63, 3.8) is 0 Å². The molecule has 0 fully saturated rings. The van der Waals surface area contributed by atoms with Crippen molar-refractivity contribution < 1.29 is 14.7 Å². The molecule has 6 heteroatoms. The van der Waals surface area contributed by atoms with Crippen LogP contribution in [-0.4, -0.2) is 23.3 Å². The molecule has 0 radical (unpaired) electrons. The van der Waals surface area contributed by atoms with E-state index in [0.717, 1.165) is 0 Å². The van der Waals surface area contributed by atoms with E-state index in [1.807, 2.05) is 5.38 Å². The van der Waals surface area contributed by atoms with Crippen LogP contribution in [0.4, 0.5) is 0 Å². The van der Waals surface area contributed by atoms with Crippen LogP contribution < -0.4 is 5.32 Å². The minimum atomic E-state index is -0.289. The van der Waals surface area contributed by atoms with Crippen molar-refractivity contribution >= 4 is 34.6 Å². The first kappa shape index (κ1) is 14.6. The van der Waals surface area contributed by atoms with Crippen molar-refractivity contribution in [2.24, 2.45) is 0 Å². The number of carbonyl (C=O) groups is 2. The number of thiophene rings is 1. The predicted octanol–water partition coefficient (Wildman–Crippen LogP) is 2.65. The van der Waals surface area contributed by atoms with E-state index in [1.54, 1.807) is 18.2 Å².